The zero-order chi connectivity index (χ0) is 30.8. The van der Waals surface area contributed by atoms with Crippen molar-refractivity contribution >= 4 is 68.2 Å². The number of carbonyl (C=O) groups excluding carboxylic acids is 3. The molecule has 12 heteroatoms. The van der Waals surface area contributed by atoms with Crippen molar-refractivity contribution in [3.8, 4) is 5.19 Å². The predicted octanol–water partition coefficient (Wildman–Crippen LogP) is 6.00. The van der Waals surface area contributed by atoms with Crippen LogP contribution < -0.4 is 15.4 Å². The molecule has 2 amide bonds. The molecule has 3 heterocycles. The summed E-state index contributed by atoms with van der Waals surface area (Å²) < 4.78 is 12.4. The monoisotopic (exact) mass is 656 g/mol. The molecule has 2 N–H and O–H groups in total. The molecule has 232 valence electrons. The Morgan fingerprint density at radius 1 is 1.14 bits per heavy atom. The van der Waals surface area contributed by atoms with Crippen LogP contribution >= 0.6 is 34.5 Å². The topological polar surface area (TPSA) is 110 Å². The van der Waals surface area contributed by atoms with E-state index in [1.165, 1.54) is 18.4 Å². The summed E-state index contributed by atoms with van der Waals surface area (Å²) in [7, 11) is 1.32. The first-order valence-electron chi connectivity index (χ1n) is 14.9. The third-order valence-electron chi connectivity index (χ3n) is 8.59. The summed E-state index contributed by atoms with van der Waals surface area (Å²) in [6, 6.07) is 11.4. The number of nitrogens with zero attached hydrogens (tertiary/aromatic N) is 2. The van der Waals surface area contributed by atoms with Crippen molar-refractivity contribution in [2.24, 2.45) is 5.92 Å². The fourth-order valence-electron chi connectivity index (χ4n) is 6.15. The Labute approximate surface area is 269 Å². The summed E-state index contributed by atoms with van der Waals surface area (Å²) in [5, 5.41) is 7.61. The van der Waals surface area contributed by atoms with Crippen molar-refractivity contribution in [2.75, 3.05) is 19.0 Å². The number of amides is 2. The molecule has 0 bridgehead atoms. The van der Waals surface area contributed by atoms with Gasteiger partial charge in [-0.2, -0.15) is 0 Å². The van der Waals surface area contributed by atoms with Gasteiger partial charge in [0, 0.05) is 18.0 Å². The minimum absolute atomic E-state index is 0.159. The van der Waals surface area contributed by atoms with E-state index in [0.717, 1.165) is 35.9 Å². The first kappa shape index (κ1) is 30.7. The number of hydrogen-bond acceptors (Lipinski definition) is 8. The Bertz CT molecular complexity index is 1560. The lowest BCUT2D eigenvalue weighted by atomic mass is 10.0. The van der Waals surface area contributed by atoms with Crippen molar-refractivity contribution in [1.82, 2.24) is 15.2 Å². The highest BCUT2D eigenvalue weighted by atomic mass is 35.5. The lowest BCUT2D eigenvalue weighted by molar-refractivity contribution is -0.148. The van der Waals surface area contributed by atoms with Crippen LogP contribution in [0.4, 0.5) is 5.69 Å². The third kappa shape index (κ3) is 6.39. The maximum absolute atomic E-state index is 14.3. The number of carbonyl (C=O) groups is 3. The zero-order valence-corrected chi connectivity index (χ0v) is 26.6. The molecule has 1 aliphatic carbocycles. The number of fused-ring (bicyclic) bond motifs is 3. The van der Waals surface area contributed by atoms with Crippen LogP contribution in [0.1, 0.15) is 44.9 Å². The number of anilines is 1. The smallest absolute Gasteiger partial charge is 0.332 e. The molecule has 0 radical (unpaired) electrons. The molecular weight excluding hydrogens is 623 g/mol. The molecule has 9 nitrogen and oxygen atoms in total. The number of hydrogen-bond donors (Lipinski definition) is 2. The van der Waals surface area contributed by atoms with E-state index < -0.39 is 35.6 Å². The molecular formula is C32H34Cl2N4O5S. The van der Waals surface area contributed by atoms with E-state index in [1.54, 1.807) is 23.1 Å². The second-order valence-corrected chi connectivity index (χ2v) is 13.4. The fraction of sp³-hybridized carbons (Fsp3) is 0.438. The zero-order valence-electron chi connectivity index (χ0n) is 24.3. The van der Waals surface area contributed by atoms with E-state index in [4.69, 9.17) is 32.7 Å². The molecule has 2 aliphatic heterocycles. The summed E-state index contributed by atoms with van der Waals surface area (Å²) >= 11 is 13.8. The molecule has 2 aromatic carbocycles. The molecule has 5 atom stereocenters. The molecule has 2 fully saturated rings. The van der Waals surface area contributed by atoms with Crippen molar-refractivity contribution in [1.29, 1.82) is 0 Å². The maximum Gasteiger partial charge on any atom is 0.332 e. The molecule has 1 saturated heterocycles. The van der Waals surface area contributed by atoms with E-state index in [2.05, 4.69) is 21.7 Å². The van der Waals surface area contributed by atoms with Crippen LogP contribution in [-0.2, 0) is 19.1 Å². The summed E-state index contributed by atoms with van der Waals surface area (Å²) in [6.07, 6.45) is 8.40. The highest BCUT2D eigenvalue weighted by Gasteiger charge is 2.62. The number of thiazole rings is 1. The molecule has 1 saturated carbocycles. The van der Waals surface area contributed by atoms with Crippen molar-refractivity contribution < 1.29 is 23.9 Å². The number of esters is 1. The van der Waals surface area contributed by atoms with Gasteiger partial charge < -0.3 is 25.0 Å². The van der Waals surface area contributed by atoms with E-state index in [-0.39, 0.29) is 24.8 Å². The van der Waals surface area contributed by atoms with Crippen molar-refractivity contribution in [3.63, 3.8) is 0 Å². The number of allylic oxidation sites excluding steroid dienone is 1. The average molecular weight is 658 g/mol. The summed E-state index contributed by atoms with van der Waals surface area (Å²) in [4.78, 5) is 47.4. The van der Waals surface area contributed by atoms with Gasteiger partial charge in [-0.1, -0.05) is 71.7 Å². The lowest BCUT2D eigenvalue weighted by Crippen LogP contribution is -2.55. The first-order chi connectivity index (χ1) is 21.3. The van der Waals surface area contributed by atoms with Crippen LogP contribution in [0.3, 0.4) is 0 Å². The average Bonchev–Trinajstić information content (AvgIpc) is 3.32. The van der Waals surface area contributed by atoms with Gasteiger partial charge in [-0.25, -0.2) is 9.78 Å². The molecule has 44 heavy (non-hydrogen) atoms. The van der Waals surface area contributed by atoms with Gasteiger partial charge in [-0.15, -0.1) is 0 Å². The first-order valence-corrected chi connectivity index (χ1v) is 16.5. The second kappa shape index (κ2) is 12.9. The van der Waals surface area contributed by atoms with Crippen LogP contribution in [-0.4, -0.2) is 65.0 Å². The van der Waals surface area contributed by atoms with Gasteiger partial charge in [0.1, 0.15) is 23.7 Å². The van der Waals surface area contributed by atoms with Crippen LogP contribution in [0.5, 0.6) is 5.19 Å². The van der Waals surface area contributed by atoms with Gasteiger partial charge in [-0.3, -0.25) is 9.59 Å². The number of nitrogens with one attached hydrogen (secondary N) is 2. The van der Waals surface area contributed by atoms with Crippen LogP contribution in [0.2, 0.25) is 10.0 Å². The third-order valence-corrected chi connectivity index (χ3v) is 10.3. The Morgan fingerprint density at radius 3 is 2.77 bits per heavy atom. The standard InChI is InChI=1S/C32H34Cl2N4O5S/c1-42-30(41)32-17-19(32)9-5-3-2-4-6-11-25(35-20-13-14-22(33)23(34)15-20)29(40)38-18-21(16-26(38)28(39)37-32)43-31-36-24-10-7-8-12-27(24)44-31/h5,7-10,12-15,19,21,25-26,35H,2-4,6,11,16-18H2,1H3,(H,37,39)/b9-5-/t19-,21-,25+,26+,32-/m1/s1. The highest BCUT2D eigenvalue weighted by molar-refractivity contribution is 7.20. The van der Waals surface area contributed by atoms with Crippen molar-refractivity contribution in [3.05, 3.63) is 64.7 Å². The SMILES string of the molecule is COC(=O)[C@@]12C[C@H]1/C=C\CCCCC[C@H](Nc1ccc(Cl)c(Cl)c1)C(=O)N1C[C@H](Oc3nc4ccccc4s3)C[C@H]1C(=O)N2. The Morgan fingerprint density at radius 2 is 1.98 bits per heavy atom. The summed E-state index contributed by atoms with van der Waals surface area (Å²) in [5.74, 6) is -1.27. The molecule has 0 unspecified atom stereocenters. The fourth-order valence-corrected chi connectivity index (χ4v) is 7.33. The predicted molar refractivity (Wildman–Crippen MR) is 171 cm³/mol. The number of para-hydroxylation sites is 1. The molecule has 3 aromatic rings. The quantitative estimate of drug-likeness (QED) is 0.256. The molecule has 6 rings (SSSR count). The second-order valence-electron chi connectivity index (χ2n) is 11.6. The van der Waals surface area contributed by atoms with Crippen LogP contribution in [0.25, 0.3) is 10.2 Å². The van der Waals surface area contributed by atoms with E-state index in [1.807, 2.05) is 30.3 Å². The maximum atomic E-state index is 14.3. The number of benzene rings is 2. The Balaban J connectivity index is 1.30. The van der Waals surface area contributed by atoms with E-state index in [9.17, 15) is 14.4 Å². The molecule has 3 aliphatic rings. The highest BCUT2D eigenvalue weighted by Crippen LogP contribution is 2.46. The van der Waals surface area contributed by atoms with Gasteiger partial charge >= 0.3 is 5.97 Å². The summed E-state index contributed by atoms with van der Waals surface area (Å²) in [6.45, 7) is 0.195. The van der Waals surface area contributed by atoms with Gasteiger partial charge in [0.25, 0.3) is 5.19 Å². The minimum Gasteiger partial charge on any atom is -0.467 e. The van der Waals surface area contributed by atoms with Crippen LogP contribution in [0, 0.1) is 5.92 Å². The van der Waals surface area contributed by atoms with E-state index >= 15 is 0 Å². The number of ether oxygens (including phenoxy) is 2. The molecule has 1 aromatic heterocycles. The van der Waals surface area contributed by atoms with Crippen molar-refractivity contribution in [2.45, 2.75) is 68.7 Å². The Kier molecular flexibility index (Phi) is 9.03. The number of aromatic nitrogens is 1. The van der Waals surface area contributed by atoms with Gasteiger partial charge in [0.05, 0.1) is 33.9 Å². The number of methoxy groups -OCH3 is 1. The number of rotatable bonds is 5. The van der Waals surface area contributed by atoms with Gasteiger partial charge in [0.15, 0.2) is 0 Å². The lowest BCUT2D eigenvalue weighted by Gasteiger charge is -2.30. The van der Waals surface area contributed by atoms with E-state index in [0.29, 0.717) is 33.8 Å². The largest absolute Gasteiger partial charge is 0.467 e. The van der Waals surface area contributed by atoms with Gasteiger partial charge in [-0.05, 0) is 56.0 Å². The minimum atomic E-state index is -1.14. The Hall–Kier alpha value is -3.34. The molecule has 0 spiro atoms. The summed E-state index contributed by atoms with van der Waals surface area (Å²) in [5.41, 5.74) is 0.348. The normalized spacial score (nSPS) is 28.2. The number of halogens is 2. The van der Waals surface area contributed by atoms with Crippen LogP contribution in [0.15, 0.2) is 54.6 Å². The van der Waals surface area contributed by atoms with Gasteiger partial charge in [0.2, 0.25) is 11.8 Å².